The third-order valence-corrected chi connectivity index (χ3v) is 5.55. The molecule has 3 aromatic rings. The maximum absolute atomic E-state index is 12.7. The number of aromatic nitrogens is 1. The lowest BCUT2D eigenvalue weighted by atomic mass is 10.1. The van der Waals surface area contributed by atoms with Gasteiger partial charge in [0.1, 0.15) is 12.3 Å². The third kappa shape index (κ3) is 3.84. The van der Waals surface area contributed by atoms with Crippen LogP contribution in [0, 0.1) is 6.92 Å². The number of benzene rings is 2. The lowest BCUT2D eigenvalue weighted by Gasteiger charge is -2.32. The van der Waals surface area contributed by atoms with Gasteiger partial charge in [0.15, 0.2) is 11.2 Å². The first-order valence-corrected chi connectivity index (χ1v) is 10.2. The van der Waals surface area contributed by atoms with Crippen molar-refractivity contribution < 1.29 is 19.1 Å². The van der Waals surface area contributed by atoms with Gasteiger partial charge in [0.25, 0.3) is 5.91 Å². The number of nitrogens with zero attached hydrogens (tertiary/aromatic N) is 2. The van der Waals surface area contributed by atoms with E-state index < -0.39 is 6.10 Å². The quantitative estimate of drug-likeness (QED) is 0.669. The number of nitrogens with one attached hydrogen (secondary N) is 2. The number of hydrogen-bond donors (Lipinski definition) is 2. The molecule has 0 saturated heterocycles. The normalized spacial score (nSPS) is 15.5. The minimum absolute atomic E-state index is 0.125. The number of ether oxygens (including phenoxy) is 1. The summed E-state index contributed by atoms with van der Waals surface area (Å²) < 4.78 is 6.45. The molecule has 154 valence electrons. The average molecular weight is 424 g/mol. The summed E-state index contributed by atoms with van der Waals surface area (Å²) in [6, 6.07) is 10.8. The van der Waals surface area contributed by atoms with Crippen molar-refractivity contribution >= 4 is 55.8 Å². The van der Waals surface area contributed by atoms with Gasteiger partial charge in [-0.05, 0) is 43.7 Å². The van der Waals surface area contributed by atoms with Crippen molar-refractivity contribution in [2.45, 2.75) is 26.9 Å². The first kappa shape index (κ1) is 19.8. The number of aryl methyl sites for hydroxylation is 1. The number of anilines is 3. The molecule has 4 rings (SSSR count). The van der Waals surface area contributed by atoms with E-state index in [1.165, 1.54) is 23.2 Å². The number of carbonyl (C=O) groups excluding carboxylic acids is 3. The Bertz CT molecular complexity index is 1170. The molecule has 0 bridgehead atoms. The smallest absolute Gasteiger partial charge is 0.268 e. The van der Waals surface area contributed by atoms with Crippen LogP contribution in [0.2, 0.25) is 0 Å². The summed E-state index contributed by atoms with van der Waals surface area (Å²) in [7, 11) is 0. The average Bonchev–Trinajstić information content (AvgIpc) is 3.07. The van der Waals surface area contributed by atoms with Crippen LogP contribution in [0.15, 0.2) is 36.4 Å². The van der Waals surface area contributed by atoms with E-state index in [0.29, 0.717) is 22.3 Å². The highest BCUT2D eigenvalue weighted by Gasteiger charge is 2.32. The summed E-state index contributed by atoms with van der Waals surface area (Å²) >= 11 is 1.33. The minimum atomic E-state index is -0.657. The third-order valence-electron chi connectivity index (χ3n) is 4.63. The molecular weight excluding hydrogens is 404 g/mol. The maximum atomic E-state index is 12.7. The van der Waals surface area contributed by atoms with Gasteiger partial charge in [-0.3, -0.25) is 19.3 Å². The standard InChI is InChI=1S/C21H20N4O4S/c1-11-8-14(9-17-19(11)24-21(30-17)22-13(3)26)23-18(27)10-25-15-6-4-5-7-16(15)29-12(2)20(25)28/h4-9,12H,10H2,1-3H3,(H,23,27)(H,22,24,26)/t12-/m0/s1. The zero-order valence-corrected chi connectivity index (χ0v) is 17.5. The summed E-state index contributed by atoms with van der Waals surface area (Å²) in [4.78, 5) is 42.4. The number of rotatable bonds is 4. The lowest BCUT2D eigenvalue weighted by molar-refractivity contribution is -0.127. The summed E-state index contributed by atoms with van der Waals surface area (Å²) in [6.45, 7) is 4.85. The molecule has 0 spiro atoms. The predicted octanol–water partition coefficient (Wildman–Crippen LogP) is 3.32. The maximum Gasteiger partial charge on any atom is 0.268 e. The second kappa shape index (κ2) is 7.75. The van der Waals surface area contributed by atoms with Crippen molar-refractivity contribution in [2.24, 2.45) is 0 Å². The molecule has 30 heavy (non-hydrogen) atoms. The van der Waals surface area contributed by atoms with E-state index in [2.05, 4.69) is 15.6 Å². The van der Waals surface area contributed by atoms with Crippen LogP contribution >= 0.6 is 11.3 Å². The van der Waals surface area contributed by atoms with Gasteiger partial charge in [-0.25, -0.2) is 4.98 Å². The minimum Gasteiger partial charge on any atom is -0.479 e. The molecule has 0 fully saturated rings. The molecule has 0 saturated carbocycles. The summed E-state index contributed by atoms with van der Waals surface area (Å²) in [5.41, 5.74) is 2.82. The van der Waals surface area contributed by atoms with Crippen molar-refractivity contribution in [3.05, 3.63) is 42.0 Å². The lowest BCUT2D eigenvalue weighted by Crippen LogP contribution is -2.47. The van der Waals surface area contributed by atoms with E-state index in [1.807, 2.05) is 19.1 Å². The molecule has 3 amide bonds. The summed E-state index contributed by atoms with van der Waals surface area (Å²) in [5, 5.41) is 6.04. The molecule has 2 N–H and O–H groups in total. The molecule has 2 heterocycles. The number of thiazole rings is 1. The van der Waals surface area contributed by atoms with Gasteiger partial charge in [0, 0.05) is 12.6 Å². The Morgan fingerprint density at radius 1 is 1.23 bits per heavy atom. The second-order valence-corrected chi connectivity index (χ2v) is 8.07. The molecule has 1 atom stereocenters. The molecule has 1 aromatic heterocycles. The SMILES string of the molecule is CC(=O)Nc1nc2c(C)cc(NC(=O)CN3C(=O)[C@H](C)Oc4ccccc43)cc2s1. The van der Waals surface area contributed by atoms with Gasteiger partial charge in [0.2, 0.25) is 11.8 Å². The fraction of sp³-hybridized carbons (Fsp3) is 0.238. The number of fused-ring (bicyclic) bond motifs is 2. The van der Waals surface area contributed by atoms with Gasteiger partial charge < -0.3 is 15.4 Å². The molecule has 0 unspecified atom stereocenters. The van der Waals surface area contributed by atoms with Gasteiger partial charge in [-0.2, -0.15) is 0 Å². The van der Waals surface area contributed by atoms with E-state index in [-0.39, 0.29) is 24.3 Å². The Hall–Kier alpha value is -3.46. The van der Waals surface area contributed by atoms with Crippen LogP contribution < -0.4 is 20.3 Å². The van der Waals surface area contributed by atoms with Crippen LogP contribution in [-0.2, 0) is 14.4 Å². The van der Waals surface area contributed by atoms with Crippen molar-refractivity contribution in [3.63, 3.8) is 0 Å². The molecular formula is C21H20N4O4S. The fourth-order valence-electron chi connectivity index (χ4n) is 3.34. The summed E-state index contributed by atoms with van der Waals surface area (Å²) in [5.74, 6) is -0.203. The van der Waals surface area contributed by atoms with Gasteiger partial charge in [-0.1, -0.05) is 23.5 Å². The number of carbonyl (C=O) groups is 3. The van der Waals surface area contributed by atoms with Gasteiger partial charge in [-0.15, -0.1) is 0 Å². The van der Waals surface area contributed by atoms with Crippen molar-refractivity contribution in [1.82, 2.24) is 4.98 Å². The van der Waals surface area contributed by atoms with E-state index in [1.54, 1.807) is 31.2 Å². The van der Waals surface area contributed by atoms with Crippen LogP contribution in [-0.4, -0.2) is 35.4 Å². The van der Waals surface area contributed by atoms with Crippen molar-refractivity contribution in [3.8, 4) is 5.75 Å². The summed E-state index contributed by atoms with van der Waals surface area (Å²) in [6.07, 6.45) is -0.657. The van der Waals surface area contributed by atoms with Crippen molar-refractivity contribution in [1.29, 1.82) is 0 Å². The number of amides is 3. The van der Waals surface area contributed by atoms with E-state index >= 15 is 0 Å². The molecule has 0 radical (unpaired) electrons. The Balaban J connectivity index is 1.55. The highest BCUT2D eigenvalue weighted by molar-refractivity contribution is 7.22. The van der Waals surface area contributed by atoms with E-state index in [4.69, 9.17) is 4.74 Å². The van der Waals surface area contributed by atoms with E-state index in [0.717, 1.165) is 15.8 Å². The van der Waals surface area contributed by atoms with Crippen LogP contribution in [0.1, 0.15) is 19.4 Å². The van der Waals surface area contributed by atoms with Gasteiger partial charge >= 0.3 is 0 Å². The van der Waals surface area contributed by atoms with Crippen LogP contribution in [0.4, 0.5) is 16.5 Å². The molecule has 9 heteroatoms. The monoisotopic (exact) mass is 424 g/mol. The van der Waals surface area contributed by atoms with E-state index in [9.17, 15) is 14.4 Å². The first-order chi connectivity index (χ1) is 14.3. The number of hydrogen-bond acceptors (Lipinski definition) is 6. The Morgan fingerprint density at radius 3 is 2.77 bits per heavy atom. The highest BCUT2D eigenvalue weighted by Crippen LogP contribution is 2.34. The Labute approximate surface area is 176 Å². The zero-order valence-electron chi connectivity index (χ0n) is 16.7. The molecule has 1 aliphatic heterocycles. The first-order valence-electron chi connectivity index (χ1n) is 9.37. The predicted molar refractivity (Wildman–Crippen MR) is 116 cm³/mol. The molecule has 8 nitrogen and oxygen atoms in total. The van der Waals surface area contributed by atoms with Crippen LogP contribution in [0.25, 0.3) is 10.2 Å². The zero-order chi connectivity index (χ0) is 21.4. The second-order valence-electron chi connectivity index (χ2n) is 7.04. The van der Waals surface area contributed by atoms with Gasteiger partial charge in [0.05, 0.1) is 15.9 Å². The molecule has 2 aromatic carbocycles. The Morgan fingerprint density at radius 2 is 2.00 bits per heavy atom. The Kier molecular flexibility index (Phi) is 5.13. The topological polar surface area (TPSA) is 101 Å². The highest BCUT2D eigenvalue weighted by atomic mass is 32.1. The largest absolute Gasteiger partial charge is 0.479 e. The van der Waals surface area contributed by atoms with Crippen LogP contribution in [0.5, 0.6) is 5.75 Å². The fourth-order valence-corrected chi connectivity index (χ4v) is 4.37. The van der Waals surface area contributed by atoms with Crippen LogP contribution in [0.3, 0.4) is 0 Å². The molecule has 1 aliphatic rings. The number of para-hydroxylation sites is 2. The molecule has 0 aliphatic carbocycles. The van der Waals surface area contributed by atoms with Crippen molar-refractivity contribution in [2.75, 3.05) is 22.1 Å².